The van der Waals surface area contributed by atoms with Gasteiger partial charge in [-0.3, -0.25) is 4.79 Å². The van der Waals surface area contributed by atoms with Gasteiger partial charge in [0.15, 0.2) is 0 Å². The Kier molecular flexibility index (Phi) is 3.46. The van der Waals surface area contributed by atoms with E-state index in [2.05, 4.69) is 15.4 Å². The van der Waals surface area contributed by atoms with E-state index >= 15 is 0 Å². The predicted molar refractivity (Wildman–Crippen MR) is 60.8 cm³/mol. The first kappa shape index (κ1) is 11.3. The third-order valence-electron chi connectivity index (χ3n) is 2.19. The molecule has 0 radical (unpaired) electrons. The molecule has 1 heterocycles. The predicted octanol–water partition coefficient (Wildman–Crippen LogP) is -0.0106. The average molecular weight is 232 g/mol. The molecule has 1 amide bonds. The first-order valence-corrected chi connectivity index (χ1v) is 5.15. The maximum atomic E-state index is 11.7. The van der Waals surface area contributed by atoms with Gasteiger partial charge in [0.2, 0.25) is 0 Å². The molecule has 2 N–H and O–H groups in total. The summed E-state index contributed by atoms with van der Waals surface area (Å²) in [6, 6.07) is 7.01. The van der Waals surface area contributed by atoms with E-state index in [1.807, 2.05) is 6.07 Å². The number of nitrogens with zero attached hydrogens (tertiary/aromatic N) is 3. The van der Waals surface area contributed by atoms with E-state index < -0.39 is 0 Å². The molecule has 0 spiro atoms. The molecule has 2 aromatic rings. The fourth-order valence-corrected chi connectivity index (χ4v) is 1.40. The van der Waals surface area contributed by atoms with Crippen LogP contribution >= 0.6 is 0 Å². The average Bonchev–Trinajstić information content (AvgIpc) is 2.90. The molecule has 0 atom stereocenters. The van der Waals surface area contributed by atoms with E-state index in [1.54, 1.807) is 29.2 Å². The fourth-order valence-electron chi connectivity index (χ4n) is 1.40. The molecule has 0 saturated heterocycles. The Labute approximate surface area is 97.9 Å². The smallest absolute Gasteiger partial charge is 0.251 e. The van der Waals surface area contributed by atoms with Gasteiger partial charge in [-0.15, -0.1) is 0 Å². The number of carbonyl (C=O) groups is 1. The molecule has 0 aliphatic rings. The minimum atomic E-state index is -0.221. The van der Waals surface area contributed by atoms with Crippen LogP contribution in [0.3, 0.4) is 0 Å². The van der Waals surface area contributed by atoms with Gasteiger partial charge in [-0.1, -0.05) is 6.07 Å². The summed E-state index contributed by atoms with van der Waals surface area (Å²) in [6.45, 7) is 0.168. The first-order chi connectivity index (χ1) is 8.31. The quantitative estimate of drug-likeness (QED) is 0.777. The van der Waals surface area contributed by atoms with Gasteiger partial charge in [-0.2, -0.15) is 5.10 Å². The van der Waals surface area contributed by atoms with E-state index in [-0.39, 0.29) is 19.1 Å². The van der Waals surface area contributed by atoms with Crippen LogP contribution in [0.5, 0.6) is 0 Å². The van der Waals surface area contributed by atoms with Crippen molar-refractivity contribution in [1.82, 2.24) is 20.1 Å². The topological polar surface area (TPSA) is 80.0 Å². The van der Waals surface area contributed by atoms with Crippen molar-refractivity contribution >= 4 is 5.91 Å². The molecule has 0 fully saturated rings. The molecule has 0 aliphatic heterocycles. The standard InChI is InChI=1S/C11H12N4O2/c16-5-4-13-11(17)9-2-1-3-10(6-9)15-8-12-7-14-15/h1-3,6-8,16H,4-5H2,(H,13,17). The van der Waals surface area contributed by atoms with Gasteiger partial charge in [-0.05, 0) is 18.2 Å². The maximum absolute atomic E-state index is 11.7. The summed E-state index contributed by atoms with van der Waals surface area (Å²) >= 11 is 0. The minimum Gasteiger partial charge on any atom is -0.395 e. The monoisotopic (exact) mass is 232 g/mol. The van der Waals surface area contributed by atoms with Crippen LogP contribution < -0.4 is 5.32 Å². The van der Waals surface area contributed by atoms with Crippen LogP contribution in [-0.2, 0) is 0 Å². The lowest BCUT2D eigenvalue weighted by atomic mass is 10.2. The van der Waals surface area contributed by atoms with Crippen molar-refractivity contribution in [2.24, 2.45) is 0 Å². The molecule has 1 aromatic carbocycles. The minimum absolute atomic E-state index is 0.0749. The summed E-state index contributed by atoms with van der Waals surface area (Å²) < 4.78 is 1.57. The van der Waals surface area contributed by atoms with Gasteiger partial charge >= 0.3 is 0 Å². The molecule has 0 unspecified atom stereocenters. The number of rotatable bonds is 4. The second kappa shape index (κ2) is 5.22. The van der Waals surface area contributed by atoms with Crippen molar-refractivity contribution in [1.29, 1.82) is 0 Å². The third-order valence-corrected chi connectivity index (χ3v) is 2.19. The highest BCUT2D eigenvalue weighted by Gasteiger charge is 2.06. The molecule has 17 heavy (non-hydrogen) atoms. The van der Waals surface area contributed by atoms with Crippen molar-refractivity contribution in [3.8, 4) is 5.69 Å². The number of aromatic nitrogens is 3. The number of aliphatic hydroxyl groups is 1. The third kappa shape index (κ3) is 2.67. The summed E-state index contributed by atoms with van der Waals surface area (Å²) in [5, 5.41) is 15.2. The number of amides is 1. The number of carbonyl (C=O) groups excluding carboxylic acids is 1. The van der Waals surface area contributed by atoms with Crippen molar-refractivity contribution in [2.45, 2.75) is 0 Å². The van der Waals surface area contributed by atoms with E-state index in [1.165, 1.54) is 6.33 Å². The van der Waals surface area contributed by atoms with E-state index in [9.17, 15) is 4.79 Å². The highest BCUT2D eigenvalue weighted by Crippen LogP contribution is 2.08. The Morgan fingerprint density at radius 3 is 3.06 bits per heavy atom. The second-order valence-corrected chi connectivity index (χ2v) is 3.37. The number of benzene rings is 1. The van der Waals surface area contributed by atoms with Gasteiger partial charge in [0.05, 0.1) is 12.3 Å². The summed E-state index contributed by atoms with van der Waals surface area (Å²) in [5.41, 5.74) is 1.28. The molecule has 88 valence electrons. The van der Waals surface area contributed by atoms with Crippen LogP contribution in [0.2, 0.25) is 0 Å². The summed E-state index contributed by atoms with van der Waals surface area (Å²) in [6.07, 6.45) is 2.99. The van der Waals surface area contributed by atoms with Crippen LogP contribution in [0.15, 0.2) is 36.9 Å². The zero-order valence-corrected chi connectivity index (χ0v) is 9.08. The summed E-state index contributed by atoms with van der Waals surface area (Å²) in [4.78, 5) is 15.5. The molecule has 2 rings (SSSR count). The molecule has 0 aliphatic carbocycles. The van der Waals surface area contributed by atoms with Crippen molar-refractivity contribution in [2.75, 3.05) is 13.2 Å². The highest BCUT2D eigenvalue weighted by molar-refractivity contribution is 5.94. The zero-order valence-electron chi connectivity index (χ0n) is 9.08. The number of hydrogen-bond donors (Lipinski definition) is 2. The van der Waals surface area contributed by atoms with Gasteiger partial charge < -0.3 is 10.4 Å². The van der Waals surface area contributed by atoms with E-state index in [0.717, 1.165) is 5.69 Å². The molecule has 6 nitrogen and oxygen atoms in total. The largest absolute Gasteiger partial charge is 0.395 e. The van der Waals surface area contributed by atoms with Crippen LogP contribution in [-0.4, -0.2) is 38.9 Å². The Morgan fingerprint density at radius 1 is 1.47 bits per heavy atom. The Bertz CT molecular complexity index is 496. The van der Waals surface area contributed by atoms with Crippen LogP contribution in [0.25, 0.3) is 5.69 Å². The first-order valence-electron chi connectivity index (χ1n) is 5.15. The summed E-state index contributed by atoms with van der Waals surface area (Å²) in [5.74, 6) is -0.221. The lowest BCUT2D eigenvalue weighted by molar-refractivity contribution is 0.0944. The molecule has 0 saturated carbocycles. The Balaban J connectivity index is 2.20. The molecule has 6 heteroatoms. The van der Waals surface area contributed by atoms with E-state index in [0.29, 0.717) is 5.56 Å². The van der Waals surface area contributed by atoms with E-state index in [4.69, 9.17) is 5.11 Å². The number of nitrogens with one attached hydrogen (secondary N) is 1. The second-order valence-electron chi connectivity index (χ2n) is 3.37. The molecular weight excluding hydrogens is 220 g/mol. The van der Waals surface area contributed by atoms with Crippen molar-refractivity contribution in [3.05, 3.63) is 42.5 Å². The van der Waals surface area contributed by atoms with Crippen LogP contribution in [0.1, 0.15) is 10.4 Å². The highest BCUT2D eigenvalue weighted by atomic mass is 16.3. The molecule has 1 aromatic heterocycles. The van der Waals surface area contributed by atoms with Crippen molar-refractivity contribution < 1.29 is 9.90 Å². The maximum Gasteiger partial charge on any atom is 0.251 e. The summed E-state index contributed by atoms with van der Waals surface area (Å²) in [7, 11) is 0. The fraction of sp³-hybridized carbons (Fsp3) is 0.182. The van der Waals surface area contributed by atoms with Crippen molar-refractivity contribution in [3.63, 3.8) is 0 Å². The Morgan fingerprint density at radius 2 is 2.35 bits per heavy atom. The number of hydrogen-bond acceptors (Lipinski definition) is 4. The van der Waals surface area contributed by atoms with Gasteiger partial charge in [-0.25, -0.2) is 9.67 Å². The normalized spacial score (nSPS) is 10.2. The molecule has 0 bridgehead atoms. The van der Waals surface area contributed by atoms with Gasteiger partial charge in [0.1, 0.15) is 12.7 Å². The number of aliphatic hydroxyl groups excluding tert-OH is 1. The lowest BCUT2D eigenvalue weighted by Gasteiger charge is -2.05. The van der Waals surface area contributed by atoms with Gasteiger partial charge in [0.25, 0.3) is 5.91 Å². The lowest BCUT2D eigenvalue weighted by Crippen LogP contribution is -2.26. The SMILES string of the molecule is O=C(NCCO)c1cccc(-n2cncn2)c1. The van der Waals surface area contributed by atoms with Gasteiger partial charge in [0, 0.05) is 12.1 Å². The van der Waals surface area contributed by atoms with Crippen LogP contribution in [0, 0.1) is 0 Å². The zero-order chi connectivity index (χ0) is 12.1. The van der Waals surface area contributed by atoms with Crippen LogP contribution in [0.4, 0.5) is 0 Å². The molecular formula is C11H12N4O2. The Hall–Kier alpha value is -2.21.